The molecule has 1 aliphatic heterocycles. The molecule has 2 heterocycles. The second-order valence-corrected chi connectivity index (χ2v) is 5.90. The maximum Gasteiger partial charge on any atom is 0.433 e. The molecule has 0 bridgehead atoms. The Morgan fingerprint density at radius 2 is 1.96 bits per heavy atom. The van der Waals surface area contributed by atoms with Crippen LogP contribution in [-0.4, -0.2) is 24.1 Å². The summed E-state index contributed by atoms with van der Waals surface area (Å²) in [4.78, 5) is 15.2. The Hall–Kier alpha value is -2.65. The van der Waals surface area contributed by atoms with Gasteiger partial charge in [-0.15, -0.1) is 0 Å². The molecule has 0 atom stereocenters. The maximum absolute atomic E-state index is 13.1. The van der Waals surface area contributed by atoms with Crippen molar-refractivity contribution in [2.75, 3.05) is 13.2 Å². The first-order valence-corrected chi connectivity index (χ1v) is 7.69. The van der Waals surface area contributed by atoms with E-state index in [2.05, 4.69) is 4.98 Å². The van der Waals surface area contributed by atoms with Crippen LogP contribution in [-0.2, 0) is 23.1 Å². The molecular formula is C17H16F3N3O3. The van der Waals surface area contributed by atoms with Crippen LogP contribution in [0.4, 0.5) is 13.2 Å². The molecule has 6 nitrogen and oxygen atoms in total. The number of pyridine rings is 1. The normalized spacial score (nSPS) is 16.0. The molecule has 0 radical (unpaired) electrons. The number of nitrogens with zero attached hydrogens (tertiary/aromatic N) is 1. The highest BCUT2D eigenvalue weighted by Crippen LogP contribution is 2.38. The summed E-state index contributed by atoms with van der Waals surface area (Å²) in [5, 5.41) is 0. The molecule has 1 aromatic heterocycles. The molecule has 3 rings (SSSR count). The van der Waals surface area contributed by atoms with Crippen LogP contribution in [0.25, 0.3) is 0 Å². The highest BCUT2D eigenvalue weighted by molar-refractivity contribution is 5.94. The lowest BCUT2D eigenvalue weighted by Crippen LogP contribution is -2.52. The number of benzene rings is 1. The van der Waals surface area contributed by atoms with Crippen molar-refractivity contribution in [3.05, 3.63) is 58.8 Å². The molecule has 1 saturated heterocycles. The van der Waals surface area contributed by atoms with E-state index in [4.69, 9.17) is 20.9 Å². The molecule has 9 heteroatoms. The van der Waals surface area contributed by atoms with Gasteiger partial charge in [-0.1, -0.05) is 18.2 Å². The minimum absolute atomic E-state index is 0.0488. The zero-order chi connectivity index (χ0) is 18.9. The zero-order valence-corrected chi connectivity index (χ0v) is 13.5. The standard InChI is InChI=1S/C17H16F3N3O3/c18-17(19,20)13-5-10(7-21)6-14(23-13)26-16(8-25-9-16)12-4-2-1-3-11(12)15(22)24/h1-6H,7-9,21H2,(H2,22,24). The lowest BCUT2D eigenvalue weighted by molar-refractivity contribution is -0.171. The summed E-state index contributed by atoms with van der Waals surface area (Å²) in [6.45, 7) is -0.0102. The molecule has 138 valence electrons. The summed E-state index contributed by atoms with van der Waals surface area (Å²) in [5.41, 5.74) is 9.50. The average Bonchev–Trinajstić information content (AvgIpc) is 2.57. The third-order valence-corrected chi connectivity index (χ3v) is 4.04. The van der Waals surface area contributed by atoms with E-state index in [1.165, 1.54) is 12.1 Å². The van der Waals surface area contributed by atoms with Crippen LogP contribution in [0.15, 0.2) is 36.4 Å². The van der Waals surface area contributed by atoms with Crippen molar-refractivity contribution in [1.29, 1.82) is 0 Å². The minimum Gasteiger partial charge on any atom is -0.461 e. The van der Waals surface area contributed by atoms with Gasteiger partial charge in [0.15, 0.2) is 5.60 Å². The van der Waals surface area contributed by atoms with E-state index in [1.807, 2.05) is 0 Å². The number of nitrogens with two attached hydrogens (primary N) is 2. The number of carbonyl (C=O) groups excluding carboxylic acids is 1. The summed E-state index contributed by atoms with van der Waals surface area (Å²) in [5.74, 6) is -0.919. The molecule has 1 amide bonds. The van der Waals surface area contributed by atoms with Gasteiger partial charge in [0.25, 0.3) is 0 Å². The smallest absolute Gasteiger partial charge is 0.433 e. The fourth-order valence-corrected chi connectivity index (χ4v) is 2.73. The number of alkyl halides is 3. The summed E-state index contributed by atoms with van der Waals surface area (Å²) < 4.78 is 50.2. The first-order chi connectivity index (χ1) is 12.2. The molecule has 0 saturated carbocycles. The van der Waals surface area contributed by atoms with Gasteiger partial charge in [-0.3, -0.25) is 4.79 Å². The maximum atomic E-state index is 13.1. The van der Waals surface area contributed by atoms with Gasteiger partial charge in [-0.25, -0.2) is 4.98 Å². The first kappa shape index (κ1) is 18.2. The number of primary amides is 1. The molecule has 0 spiro atoms. The van der Waals surface area contributed by atoms with Crippen molar-refractivity contribution < 1.29 is 27.4 Å². The van der Waals surface area contributed by atoms with E-state index < -0.39 is 23.4 Å². The van der Waals surface area contributed by atoms with Crippen molar-refractivity contribution in [2.45, 2.75) is 18.3 Å². The average molecular weight is 367 g/mol. The number of halogens is 3. The van der Waals surface area contributed by atoms with Gasteiger partial charge >= 0.3 is 6.18 Å². The van der Waals surface area contributed by atoms with Gasteiger partial charge in [0, 0.05) is 23.7 Å². The van der Waals surface area contributed by atoms with E-state index in [0.717, 1.165) is 6.07 Å². The van der Waals surface area contributed by atoms with Gasteiger partial charge in [-0.2, -0.15) is 13.2 Å². The highest BCUT2D eigenvalue weighted by Gasteiger charge is 2.46. The van der Waals surface area contributed by atoms with Crippen LogP contribution in [0.2, 0.25) is 0 Å². The molecule has 2 aromatic rings. The first-order valence-electron chi connectivity index (χ1n) is 7.69. The van der Waals surface area contributed by atoms with E-state index in [0.29, 0.717) is 5.56 Å². The van der Waals surface area contributed by atoms with Crippen molar-refractivity contribution in [1.82, 2.24) is 4.98 Å². The molecule has 0 unspecified atom stereocenters. The number of hydrogen-bond acceptors (Lipinski definition) is 5. The van der Waals surface area contributed by atoms with Crippen LogP contribution in [0.1, 0.15) is 27.2 Å². The van der Waals surface area contributed by atoms with Crippen LogP contribution >= 0.6 is 0 Å². The van der Waals surface area contributed by atoms with Crippen LogP contribution in [0, 0.1) is 0 Å². The number of amides is 1. The Morgan fingerprint density at radius 3 is 2.50 bits per heavy atom. The van der Waals surface area contributed by atoms with E-state index in [9.17, 15) is 18.0 Å². The Kier molecular flexibility index (Phi) is 4.59. The van der Waals surface area contributed by atoms with Gasteiger partial charge in [0.05, 0.1) is 13.2 Å². The molecule has 4 N–H and O–H groups in total. The summed E-state index contributed by atoms with van der Waals surface area (Å²) in [6, 6.07) is 8.66. The lowest BCUT2D eigenvalue weighted by Gasteiger charge is -2.42. The quantitative estimate of drug-likeness (QED) is 0.841. The van der Waals surface area contributed by atoms with Gasteiger partial charge in [0.1, 0.15) is 5.69 Å². The summed E-state index contributed by atoms with van der Waals surface area (Å²) >= 11 is 0. The lowest BCUT2D eigenvalue weighted by atomic mass is 9.87. The third-order valence-electron chi connectivity index (χ3n) is 4.04. The minimum atomic E-state index is -4.64. The largest absolute Gasteiger partial charge is 0.461 e. The third kappa shape index (κ3) is 3.35. The summed E-state index contributed by atoms with van der Waals surface area (Å²) in [6.07, 6.45) is -4.64. The SMILES string of the molecule is NCc1cc(OC2(c3ccccc3C(N)=O)COC2)nc(C(F)(F)F)c1. The molecule has 1 aromatic carbocycles. The highest BCUT2D eigenvalue weighted by atomic mass is 19.4. The predicted octanol–water partition coefficient (Wildman–Crippen LogP) is 1.96. The number of ether oxygens (including phenoxy) is 2. The zero-order valence-electron chi connectivity index (χ0n) is 13.5. The molecule has 1 fully saturated rings. The Morgan fingerprint density at radius 1 is 1.27 bits per heavy atom. The van der Waals surface area contributed by atoms with Crippen molar-refractivity contribution in [3.63, 3.8) is 0 Å². The van der Waals surface area contributed by atoms with Crippen LogP contribution < -0.4 is 16.2 Å². The van der Waals surface area contributed by atoms with Gasteiger partial charge in [0.2, 0.25) is 11.8 Å². The fraction of sp³-hybridized carbons (Fsp3) is 0.294. The second kappa shape index (κ2) is 6.58. The molecular weight excluding hydrogens is 351 g/mol. The van der Waals surface area contributed by atoms with Gasteiger partial charge < -0.3 is 20.9 Å². The predicted molar refractivity (Wildman–Crippen MR) is 85.2 cm³/mol. The van der Waals surface area contributed by atoms with Crippen LogP contribution in [0.3, 0.4) is 0 Å². The van der Waals surface area contributed by atoms with Crippen LogP contribution in [0.5, 0.6) is 5.88 Å². The van der Waals surface area contributed by atoms with Crippen molar-refractivity contribution in [3.8, 4) is 5.88 Å². The van der Waals surface area contributed by atoms with Crippen molar-refractivity contribution in [2.24, 2.45) is 11.5 Å². The monoisotopic (exact) mass is 367 g/mol. The summed E-state index contributed by atoms with van der Waals surface area (Å²) in [7, 11) is 0. The Labute approximate surface area is 146 Å². The van der Waals surface area contributed by atoms with Crippen molar-refractivity contribution >= 4 is 5.91 Å². The Balaban J connectivity index is 2.03. The van der Waals surface area contributed by atoms with E-state index >= 15 is 0 Å². The second-order valence-electron chi connectivity index (χ2n) is 5.90. The number of rotatable bonds is 5. The van der Waals surface area contributed by atoms with Gasteiger partial charge in [-0.05, 0) is 17.7 Å². The topological polar surface area (TPSA) is 100 Å². The number of hydrogen-bond donors (Lipinski definition) is 2. The number of carbonyl (C=O) groups is 1. The van der Waals surface area contributed by atoms with E-state index in [1.54, 1.807) is 18.2 Å². The fourth-order valence-electron chi connectivity index (χ4n) is 2.73. The van der Waals surface area contributed by atoms with E-state index in [-0.39, 0.29) is 36.8 Å². The Bertz CT molecular complexity index is 835. The number of aromatic nitrogens is 1. The molecule has 1 aliphatic rings. The molecule has 0 aliphatic carbocycles. The molecule has 26 heavy (non-hydrogen) atoms.